The first kappa shape index (κ1) is 27.1. The Morgan fingerprint density at radius 1 is 0.784 bits per heavy atom. The Kier molecular flexibility index (Phi) is 8.21. The number of anilines is 1. The molecule has 4 rings (SSSR count). The van der Waals surface area contributed by atoms with Crippen LogP contribution in [0.3, 0.4) is 0 Å². The topological polar surface area (TPSA) is 90.5 Å². The molecule has 3 aliphatic rings. The van der Waals surface area contributed by atoms with Gasteiger partial charge in [-0.2, -0.15) is 0 Å². The molecule has 3 saturated heterocycles. The van der Waals surface area contributed by atoms with Crippen LogP contribution < -0.4 is 9.64 Å². The molecule has 3 fully saturated rings. The minimum absolute atomic E-state index is 0.242. The number of imide groups is 2. The van der Waals surface area contributed by atoms with Crippen molar-refractivity contribution in [3.8, 4) is 5.75 Å². The Morgan fingerprint density at radius 2 is 1.32 bits per heavy atom. The standard InChI is InChI=1S/C28H40N4O5/c1-5-13-31-24(33)22-26(35)32(27(36)23(25(31)34)28(22,3)4)15-10-9-14-29-16-18-30(19-17-29)20-11-7-8-12-21(20)37-6-2/h7-8,11-12,22-23H,5-6,9-10,13-19H2,1-4H3. The summed E-state index contributed by atoms with van der Waals surface area (Å²) in [4.78, 5) is 59.8. The minimum Gasteiger partial charge on any atom is -0.492 e. The molecule has 0 aliphatic carbocycles. The lowest BCUT2D eigenvalue weighted by Gasteiger charge is -2.51. The van der Waals surface area contributed by atoms with E-state index < -0.39 is 40.9 Å². The summed E-state index contributed by atoms with van der Waals surface area (Å²) in [6.45, 7) is 12.9. The maximum Gasteiger partial charge on any atom is 0.242 e. The quantitative estimate of drug-likeness (QED) is 0.270. The average Bonchev–Trinajstić information content (AvgIpc) is 2.86. The Bertz CT molecular complexity index is 995. The lowest BCUT2D eigenvalue weighted by Crippen LogP contribution is -2.70. The fraction of sp³-hybridized carbons (Fsp3) is 0.643. The molecule has 2 unspecified atom stereocenters. The highest BCUT2D eigenvalue weighted by atomic mass is 16.5. The lowest BCUT2D eigenvalue weighted by atomic mass is 9.62. The van der Waals surface area contributed by atoms with Crippen LogP contribution in [0.4, 0.5) is 5.69 Å². The maximum absolute atomic E-state index is 13.3. The number of hydrogen-bond donors (Lipinski definition) is 0. The number of fused-ring (bicyclic) bond motifs is 2. The summed E-state index contributed by atoms with van der Waals surface area (Å²) in [5, 5.41) is 0. The molecule has 2 bridgehead atoms. The summed E-state index contributed by atoms with van der Waals surface area (Å²) < 4.78 is 5.78. The van der Waals surface area contributed by atoms with Crippen LogP contribution in [0, 0.1) is 17.3 Å². The Balaban J connectivity index is 1.29. The van der Waals surface area contributed by atoms with E-state index in [1.54, 1.807) is 13.8 Å². The van der Waals surface area contributed by atoms with Gasteiger partial charge >= 0.3 is 0 Å². The van der Waals surface area contributed by atoms with Crippen LogP contribution in [-0.4, -0.2) is 90.7 Å². The van der Waals surface area contributed by atoms with Crippen LogP contribution in [0.1, 0.15) is 47.0 Å². The number of ether oxygens (including phenoxy) is 1. The number of carbonyl (C=O) groups excluding carboxylic acids is 4. The second kappa shape index (κ2) is 11.2. The first-order valence-electron chi connectivity index (χ1n) is 13.6. The molecule has 0 radical (unpaired) electrons. The average molecular weight is 513 g/mol. The number of para-hydroxylation sites is 2. The van der Waals surface area contributed by atoms with Crippen LogP contribution in [0.5, 0.6) is 5.75 Å². The molecule has 0 N–H and O–H groups in total. The molecule has 0 saturated carbocycles. The number of unbranched alkanes of at least 4 members (excludes halogenated alkanes) is 1. The van der Waals surface area contributed by atoms with Gasteiger partial charge < -0.3 is 9.64 Å². The fourth-order valence-corrected chi connectivity index (χ4v) is 5.97. The van der Waals surface area contributed by atoms with Gasteiger partial charge in [0.2, 0.25) is 23.6 Å². The molecular formula is C28H40N4O5. The number of carbonyl (C=O) groups is 4. The van der Waals surface area contributed by atoms with Crippen molar-refractivity contribution in [3.63, 3.8) is 0 Å². The molecule has 9 nitrogen and oxygen atoms in total. The molecule has 3 aliphatic heterocycles. The number of likely N-dealkylation sites (tertiary alicyclic amines) is 2. The Morgan fingerprint density at radius 3 is 1.89 bits per heavy atom. The highest BCUT2D eigenvalue weighted by molar-refractivity contribution is 6.22. The van der Waals surface area contributed by atoms with Crippen molar-refractivity contribution < 1.29 is 23.9 Å². The van der Waals surface area contributed by atoms with Gasteiger partial charge in [-0.1, -0.05) is 32.9 Å². The van der Waals surface area contributed by atoms with E-state index in [0.29, 0.717) is 19.4 Å². The van der Waals surface area contributed by atoms with Gasteiger partial charge in [0.1, 0.15) is 17.6 Å². The van der Waals surface area contributed by atoms with Crippen molar-refractivity contribution in [1.82, 2.24) is 14.7 Å². The highest BCUT2D eigenvalue weighted by Crippen LogP contribution is 2.47. The zero-order valence-corrected chi connectivity index (χ0v) is 22.6. The first-order valence-corrected chi connectivity index (χ1v) is 13.6. The third-order valence-electron chi connectivity index (χ3n) is 7.97. The zero-order chi connectivity index (χ0) is 26.7. The summed E-state index contributed by atoms with van der Waals surface area (Å²) in [5.41, 5.74) is 0.130. The predicted octanol–water partition coefficient (Wildman–Crippen LogP) is 2.39. The SMILES string of the molecule is CCCN1C(=O)C2C(=O)N(CCCCN3CCN(c4ccccc4OCC)CC3)C(=O)C(C1=O)C2(C)C. The second-order valence-corrected chi connectivity index (χ2v) is 10.8. The second-order valence-electron chi connectivity index (χ2n) is 10.8. The summed E-state index contributed by atoms with van der Waals surface area (Å²) in [6, 6.07) is 8.13. The van der Waals surface area contributed by atoms with Gasteiger partial charge in [-0.25, -0.2) is 0 Å². The lowest BCUT2D eigenvalue weighted by molar-refractivity contribution is -0.184. The molecule has 4 amide bonds. The number of amides is 4. The largest absolute Gasteiger partial charge is 0.492 e. The number of hydrogen-bond acceptors (Lipinski definition) is 7. The van der Waals surface area contributed by atoms with Gasteiger partial charge in [-0.3, -0.25) is 33.9 Å². The van der Waals surface area contributed by atoms with Crippen molar-refractivity contribution in [1.29, 1.82) is 0 Å². The smallest absolute Gasteiger partial charge is 0.242 e. The third-order valence-corrected chi connectivity index (χ3v) is 7.97. The molecule has 1 aromatic rings. The van der Waals surface area contributed by atoms with Crippen LogP contribution in [0.25, 0.3) is 0 Å². The van der Waals surface area contributed by atoms with E-state index in [-0.39, 0.29) is 13.1 Å². The number of nitrogens with zero attached hydrogens (tertiary/aromatic N) is 4. The van der Waals surface area contributed by atoms with E-state index in [0.717, 1.165) is 55.5 Å². The molecule has 0 spiro atoms. The van der Waals surface area contributed by atoms with Crippen molar-refractivity contribution >= 4 is 29.3 Å². The first-order chi connectivity index (χ1) is 17.7. The van der Waals surface area contributed by atoms with Crippen molar-refractivity contribution in [2.24, 2.45) is 17.3 Å². The Labute approximate surface area is 219 Å². The van der Waals surface area contributed by atoms with Crippen molar-refractivity contribution in [3.05, 3.63) is 24.3 Å². The summed E-state index contributed by atoms with van der Waals surface area (Å²) in [5.74, 6) is -2.87. The van der Waals surface area contributed by atoms with Crippen LogP contribution >= 0.6 is 0 Å². The maximum atomic E-state index is 13.3. The molecular weight excluding hydrogens is 472 g/mol. The van der Waals surface area contributed by atoms with E-state index in [1.165, 1.54) is 4.90 Å². The van der Waals surface area contributed by atoms with Crippen LogP contribution in [0.15, 0.2) is 24.3 Å². The normalized spacial score (nSPS) is 24.2. The highest BCUT2D eigenvalue weighted by Gasteiger charge is 2.64. The van der Waals surface area contributed by atoms with Gasteiger partial charge in [-0.05, 0) is 44.9 Å². The van der Waals surface area contributed by atoms with E-state index >= 15 is 0 Å². The van der Waals surface area contributed by atoms with Crippen molar-refractivity contribution in [2.75, 3.05) is 57.3 Å². The molecule has 9 heteroatoms. The minimum atomic E-state index is -0.996. The van der Waals surface area contributed by atoms with Gasteiger partial charge in [-0.15, -0.1) is 0 Å². The molecule has 37 heavy (non-hydrogen) atoms. The molecule has 3 heterocycles. The molecule has 202 valence electrons. The summed E-state index contributed by atoms with van der Waals surface area (Å²) in [6.07, 6.45) is 2.07. The van der Waals surface area contributed by atoms with Gasteiger partial charge in [0.25, 0.3) is 0 Å². The molecule has 1 aromatic carbocycles. The summed E-state index contributed by atoms with van der Waals surface area (Å²) in [7, 11) is 0. The van der Waals surface area contributed by atoms with Gasteiger partial charge in [0.15, 0.2) is 0 Å². The number of piperazine rings is 1. The number of piperidine rings is 2. The van der Waals surface area contributed by atoms with Crippen molar-refractivity contribution in [2.45, 2.75) is 47.0 Å². The van der Waals surface area contributed by atoms with Gasteiger partial charge in [0.05, 0.1) is 12.3 Å². The van der Waals surface area contributed by atoms with Crippen LogP contribution in [0.2, 0.25) is 0 Å². The van der Waals surface area contributed by atoms with E-state index in [2.05, 4.69) is 15.9 Å². The molecule has 0 aromatic heterocycles. The fourth-order valence-electron chi connectivity index (χ4n) is 5.97. The van der Waals surface area contributed by atoms with E-state index in [9.17, 15) is 19.2 Å². The van der Waals surface area contributed by atoms with Crippen LogP contribution in [-0.2, 0) is 19.2 Å². The predicted molar refractivity (Wildman–Crippen MR) is 140 cm³/mol. The van der Waals surface area contributed by atoms with Gasteiger partial charge in [0, 0.05) is 44.7 Å². The van der Waals surface area contributed by atoms with E-state index in [4.69, 9.17) is 4.74 Å². The Hall–Kier alpha value is -2.94. The third kappa shape index (κ3) is 5.10. The summed E-state index contributed by atoms with van der Waals surface area (Å²) >= 11 is 0. The molecule has 2 atom stereocenters. The zero-order valence-electron chi connectivity index (χ0n) is 22.6. The number of rotatable bonds is 10. The monoisotopic (exact) mass is 512 g/mol. The van der Waals surface area contributed by atoms with E-state index in [1.807, 2.05) is 32.0 Å². The number of benzene rings is 1.